The fourth-order valence-electron chi connectivity index (χ4n) is 4.01. The first-order chi connectivity index (χ1) is 16.9. The number of hydrogen-bond donors (Lipinski definition) is 1. The molecule has 0 fully saturated rings. The fraction of sp³-hybridized carbons (Fsp3) is 0.250. The molecular weight excluding hydrogens is 442 g/mol. The molecule has 4 aromatic rings. The normalized spacial score (nSPS) is 11.8. The Balaban J connectivity index is 1.54. The molecule has 0 aliphatic carbocycles. The van der Waals surface area contributed by atoms with Crippen molar-refractivity contribution in [3.05, 3.63) is 94.0 Å². The number of aryl methyl sites for hydroxylation is 1. The molecule has 0 aliphatic rings. The Kier molecular flexibility index (Phi) is 7.15. The Labute approximate surface area is 204 Å². The average Bonchev–Trinajstić information content (AvgIpc) is 2.85. The molecule has 7 heteroatoms. The molecule has 35 heavy (non-hydrogen) atoms. The molecule has 180 valence electrons. The van der Waals surface area contributed by atoms with E-state index in [0.717, 1.165) is 5.56 Å². The van der Waals surface area contributed by atoms with Gasteiger partial charge < -0.3 is 14.8 Å². The SMILES string of the molecule is CCOc1ccc(C(C)NC(=O)c2ccc(-n3c(C)nc4ccccc4c3=O)cc2)cc1OCC. The predicted octanol–water partition coefficient (Wildman–Crippen LogP) is 4.98. The van der Waals surface area contributed by atoms with Gasteiger partial charge in [0.05, 0.1) is 35.8 Å². The second-order valence-electron chi connectivity index (χ2n) is 8.13. The summed E-state index contributed by atoms with van der Waals surface area (Å²) in [7, 11) is 0. The van der Waals surface area contributed by atoms with E-state index in [1.807, 2.05) is 57.2 Å². The maximum Gasteiger partial charge on any atom is 0.265 e. The van der Waals surface area contributed by atoms with Gasteiger partial charge in [0.2, 0.25) is 0 Å². The number of ether oxygens (including phenoxy) is 2. The van der Waals surface area contributed by atoms with Crippen molar-refractivity contribution >= 4 is 16.8 Å². The number of aromatic nitrogens is 2. The van der Waals surface area contributed by atoms with E-state index in [-0.39, 0.29) is 17.5 Å². The zero-order valence-electron chi connectivity index (χ0n) is 20.4. The van der Waals surface area contributed by atoms with Gasteiger partial charge in [0.1, 0.15) is 5.82 Å². The van der Waals surface area contributed by atoms with Crippen LogP contribution in [0.4, 0.5) is 0 Å². The predicted molar refractivity (Wildman–Crippen MR) is 137 cm³/mol. The lowest BCUT2D eigenvalue weighted by molar-refractivity contribution is 0.0940. The van der Waals surface area contributed by atoms with Crippen molar-refractivity contribution in [2.45, 2.75) is 33.7 Å². The minimum absolute atomic E-state index is 0.139. The monoisotopic (exact) mass is 471 g/mol. The number of rotatable bonds is 8. The largest absolute Gasteiger partial charge is 0.490 e. The Hall–Kier alpha value is -4.13. The zero-order valence-corrected chi connectivity index (χ0v) is 20.4. The lowest BCUT2D eigenvalue weighted by Crippen LogP contribution is -2.27. The second-order valence-corrected chi connectivity index (χ2v) is 8.13. The van der Waals surface area contributed by atoms with Crippen LogP contribution >= 0.6 is 0 Å². The quantitative estimate of drug-likeness (QED) is 0.392. The summed E-state index contributed by atoms with van der Waals surface area (Å²) in [6.07, 6.45) is 0. The van der Waals surface area contributed by atoms with Gasteiger partial charge in [-0.25, -0.2) is 4.98 Å². The first kappa shape index (κ1) is 24.0. The van der Waals surface area contributed by atoms with E-state index in [4.69, 9.17) is 9.47 Å². The first-order valence-electron chi connectivity index (χ1n) is 11.7. The molecule has 1 N–H and O–H groups in total. The van der Waals surface area contributed by atoms with E-state index in [1.54, 1.807) is 41.8 Å². The third-order valence-electron chi connectivity index (χ3n) is 5.75. The summed E-state index contributed by atoms with van der Waals surface area (Å²) in [5.74, 6) is 1.71. The van der Waals surface area contributed by atoms with Crippen LogP contribution in [0.2, 0.25) is 0 Å². The number of para-hydroxylation sites is 1. The van der Waals surface area contributed by atoms with Crippen molar-refractivity contribution in [2.75, 3.05) is 13.2 Å². The summed E-state index contributed by atoms with van der Waals surface area (Å²) in [5.41, 5.74) is 2.59. The summed E-state index contributed by atoms with van der Waals surface area (Å²) >= 11 is 0. The maximum absolute atomic E-state index is 13.0. The number of carbonyl (C=O) groups excluding carboxylic acids is 1. The molecule has 0 saturated carbocycles. The van der Waals surface area contributed by atoms with E-state index < -0.39 is 0 Å². The minimum Gasteiger partial charge on any atom is -0.490 e. The van der Waals surface area contributed by atoms with E-state index >= 15 is 0 Å². The van der Waals surface area contributed by atoms with Gasteiger partial charge >= 0.3 is 0 Å². The second kappa shape index (κ2) is 10.4. The van der Waals surface area contributed by atoms with E-state index in [0.29, 0.717) is 52.7 Å². The van der Waals surface area contributed by atoms with E-state index in [1.165, 1.54) is 0 Å². The zero-order chi connectivity index (χ0) is 24.9. The van der Waals surface area contributed by atoms with Gasteiger partial charge in [0.15, 0.2) is 11.5 Å². The van der Waals surface area contributed by atoms with E-state index in [2.05, 4.69) is 10.3 Å². The molecule has 0 bridgehead atoms. The number of fused-ring (bicyclic) bond motifs is 1. The van der Waals surface area contributed by atoms with Gasteiger partial charge in [-0.1, -0.05) is 18.2 Å². The van der Waals surface area contributed by atoms with Crippen molar-refractivity contribution in [1.29, 1.82) is 0 Å². The number of carbonyl (C=O) groups is 1. The van der Waals surface area contributed by atoms with Gasteiger partial charge in [-0.15, -0.1) is 0 Å². The molecule has 7 nitrogen and oxygen atoms in total. The number of nitrogens with zero attached hydrogens (tertiary/aromatic N) is 2. The average molecular weight is 472 g/mol. The molecule has 1 amide bonds. The van der Waals surface area contributed by atoms with Gasteiger partial charge in [-0.3, -0.25) is 14.2 Å². The summed E-state index contributed by atoms with van der Waals surface area (Å²) in [6.45, 7) is 8.62. The van der Waals surface area contributed by atoms with Crippen LogP contribution in [-0.2, 0) is 0 Å². The van der Waals surface area contributed by atoms with Crippen LogP contribution < -0.4 is 20.3 Å². The molecule has 0 radical (unpaired) electrons. The molecule has 1 unspecified atom stereocenters. The smallest absolute Gasteiger partial charge is 0.265 e. The Morgan fingerprint density at radius 1 is 0.971 bits per heavy atom. The highest BCUT2D eigenvalue weighted by Crippen LogP contribution is 2.30. The number of nitrogens with one attached hydrogen (secondary N) is 1. The first-order valence-corrected chi connectivity index (χ1v) is 11.7. The van der Waals surface area contributed by atoms with Gasteiger partial charge in [-0.2, -0.15) is 0 Å². The lowest BCUT2D eigenvalue weighted by atomic mass is 10.1. The van der Waals surface area contributed by atoms with Crippen LogP contribution in [0, 0.1) is 6.92 Å². The van der Waals surface area contributed by atoms with Gasteiger partial charge in [0.25, 0.3) is 11.5 Å². The van der Waals surface area contributed by atoms with Crippen molar-refractivity contribution in [3.63, 3.8) is 0 Å². The molecule has 0 spiro atoms. The molecule has 0 saturated heterocycles. The van der Waals surface area contributed by atoms with Crippen LogP contribution in [0.3, 0.4) is 0 Å². The fourth-order valence-corrected chi connectivity index (χ4v) is 4.01. The highest BCUT2D eigenvalue weighted by Gasteiger charge is 2.15. The lowest BCUT2D eigenvalue weighted by Gasteiger charge is -2.18. The maximum atomic E-state index is 13.0. The van der Waals surface area contributed by atoms with Gasteiger partial charge in [0, 0.05) is 5.56 Å². The molecule has 3 aromatic carbocycles. The molecule has 1 heterocycles. The number of benzene rings is 3. The molecule has 4 rings (SSSR count). The third-order valence-corrected chi connectivity index (χ3v) is 5.75. The Bertz CT molecular complexity index is 1410. The Morgan fingerprint density at radius 3 is 2.37 bits per heavy atom. The third kappa shape index (κ3) is 5.04. The van der Waals surface area contributed by atoms with Crippen LogP contribution in [0.5, 0.6) is 11.5 Å². The van der Waals surface area contributed by atoms with Crippen molar-refractivity contribution in [2.24, 2.45) is 0 Å². The summed E-state index contributed by atoms with van der Waals surface area (Å²) in [4.78, 5) is 30.5. The van der Waals surface area contributed by atoms with Crippen molar-refractivity contribution in [3.8, 4) is 17.2 Å². The minimum atomic E-state index is -0.244. The molecule has 1 atom stereocenters. The topological polar surface area (TPSA) is 82.5 Å². The number of hydrogen-bond acceptors (Lipinski definition) is 5. The summed E-state index contributed by atoms with van der Waals surface area (Å²) < 4.78 is 12.9. The van der Waals surface area contributed by atoms with Crippen LogP contribution in [-0.4, -0.2) is 28.7 Å². The number of amides is 1. The summed E-state index contributed by atoms with van der Waals surface area (Å²) in [5, 5.41) is 3.57. The standard InChI is InChI=1S/C28H29N3O4/c1-5-34-25-16-13-21(17-26(25)35-6-2)18(3)29-27(32)20-11-14-22(15-12-20)31-19(4)30-24-10-8-7-9-23(24)28(31)33/h7-18H,5-6H2,1-4H3,(H,29,32). The highest BCUT2D eigenvalue weighted by atomic mass is 16.5. The van der Waals surface area contributed by atoms with Gasteiger partial charge in [-0.05, 0) is 81.8 Å². The van der Waals surface area contributed by atoms with Crippen LogP contribution in [0.25, 0.3) is 16.6 Å². The van der Waals surface area contributed by atoms with Crippen molar-refractivity contribution < 1.29 is 14.3 Å². The molecular formula is C28H29N3O4. The van der Waals surface area contributed by atoms with Crippen molar-refractivity contribution in [1.82, 2.24) is 14.9 Å². The highest BCUT2D eigenvalue weighted by molar-refractivity contribution is 5.94. The summed E-state index contributed by atoms with van der Waals surface area (Å²) in [6, 6.07) is 19.6. The van der Waals surface area contributed by atoms with Crippen LogP contribution in [0.1, 0.15) is 48.6 Å². The molecule has 1 aromatic heterocycles. The van der Waals surface area contributed by atoms with E-state index in [9.17, 15) is 9.59 Å². The van der Waals surface area contributed by atoms with Crippen LogP contribution in [0.15, 0.2) is 71.5 Å². The molecule has 0 aliphatic heterocycles. The Morgan fingerprint density at radius 2 is 1.66 bits per heavy atom.